The monoisotopic (exact) mass is 232 g/mol. The summed E-state index contributed by atoms with van der Waals surface area (Å²) in [6, 6.07) is 0. The molecule has 0 aromatic rings. The van der Waals surface area contributed by atoms with Crippen LogP contribution in [0.1, 0.15) is 33.6 Å². The topological polar surface area (TPSA) is 41.5 Å². The maximum absolute atomic E-state index is 11.3. The molecule has 1 heterocycles. The Labute approximate surface area is 93.5 Å². The van der Waals surface area contributed by atoms with Crippen LogP contribution in [0.4, 0.5) is 0 Å². The van der Waals surface area contributed by atoms with Gasteiger partial charge in [0.1, 0.15) is 0 Å². The van der Waals surface area contributed by atoms with Gasteiger partial charge in [-0.1, -0.05) is 18.7 Å². The number of nitrogens with zero attached hydrogens (tertiary/aromatic N) is 1. The molecule has 0 aliphatic carbocycles. The molecule has 0 radical (unpaired) electrons. The van der Waals surface area contributed by atoms with Gasteiger partial charge in [-0.05, 0) is 20.3 Å². The molecule has 2 atom stereocenters. The van der Waals surface area contributed by atoms with Crippen molar-refractivity contribution in [2.24, 2.45) is 4.99 Å². The average Bonchev–Trinajstić information content (AvgIpc) is 2.01. The highest BCUT2D eigenvalue weighted by Crippen LogP contribution is 2.32. The lowest BCUT2D eigenvalue weighted by Crippen LogP contribution is -2.31. The fourth-order valence-electron chi connectivity index (χ4n) is 1.16. The zero-order chi connectivity index (χ0) is 10.6. The fourth-order valence-corrected chi connectivity index (χ4v) is 3.63. The van der Waals surface area contributed by atoms with Crippen LogP contribution in [0.2, 0.25) is 0 Å². The highest BCUT2D eigenvalue weighted by atomic mass is 32.2. The van der Waals surface area contributed by atoms with E-state index in [1.807, 2.05) is 25.6 Å². The molecule has 0 saturated carbocycles. The molecule has 0 aromatic carbocycles. The van der Waals surface area contributed by atoms with Crippen LogP contribution in [0.3, 0.4) is 0 Å². The fraction of sp³-hybridized carbons (Fsp3) is 0.778. The second-order valence-corrected chi connectivity index (χ2v) is 6.44. The van der Waals surface area contributed by atoms with Crippen molar-refractivity contribution < 1.29 is 4.79 Å². The maximum atomic E-state index is 11.3. The summed E-state index contributed by atoms with van der Waals surface area (Å²) in [5.41, 5.74) is 0. The Balaban J connectivity index is 2.47. The van der Waals surface area contributed by atoms with Gasteiger partial charge in [0.2, 0.25) is 5.91 Å². The molecular weight excluding hydrogens is 216 g/mol. The first-order valence-electron chi connectivity index (χ1n) is 4.81. The van der Waals surface area contributed by atoms with E-state index in [2.05, 4.69) is 17.2 Å². The smallest absolute Gasteiger partial charge is 0.225 e. The van der Waals surface area contributed by atoms with Gasteiger partial charge < -0.3 is 5.32 Å². The summed E-state index contributed by atoms with van der Waals surface area (Å²) in [5.74, 6) is 0.0741. The van der Waals surface area contributed by atoms with Crippen molar-refractivity contribution in [2.45, 2.75) is 43.6 Å². The summed E-state index contributed by atoms with van der Waals surface area (Å²) in [5, 5.41) is 3.87. The van der Waals surface area contributed by atoms with Gasteiger partial charge >= 0.3 is 0 Å². The van der Waals surface area contributed by atoms with E-state index in [-0.39, 0.29) is 11.3 Å². The molecule has 2 unspecified atom stereocenters. The van der Waals surface area contributed by atoms with Gasteiger partial charge in [-0.25, -0.2) is 4.99 Å². The van der Waals surface area contributed by atoms with Gasteiger partial charge in [0.05, 0.1) is 9.96 Å². The first-order valence-corrected chi connectivity index (χ1v) is 6.63. The predicted molar refractivity (Wildman–Crippen MR) is 64.6 cm³/mol. The summed E-state index contributed by atoms with van der Waals surface area (Å²) in [7, 11) is 0. The van der Waals surface area contributed by atoms with E-state index in [1.54, 1.807) is 11.8 Å². The number of amidine groups is 1. The molecule has 5 heteroatoms. The van der Waals surface area contributed by atoms with Gasteiger partial charge in [0, 0.05) is 6.42 Å². The van der Waals surface area contributed by atoms with Crippen LogP contribution in [0, 0.1) is 0 Å². The molecule has 14 heavy (non-hydrogen) atoms. The second kappa shape index (κ2) is 5.66. The molecule has 0 saturated heterocycles. The highest BCUT2D eigenvalue weighted by molar-refractivity contribution is 8.25. The van der Waals surface area contributed by atoms with E-state index in [0.717, 1.165) is 11.6 Å². The van der Waals surface area contributed by atoms with Gasteiger partial charge in [0.25, 0.3) is 0 Å². The summed E-state index contributed by atoms with van der Waals surface area (Å²) < 4.78 is 0.472. The van der Waals surface area contributed by atoms with Crippen LogP contribution >= 0.6 is 23.5 Å². The van der Waals surface area contributed by atoms with Crippen molar-refractivity contribution in [2.75, 3.05) is 0 Å². The normalized spacial score (nSPS) is 26.9. The largest absolute Gasteiger partial charge is 0.305 e. The van der Waals surface area contributed by atoms with Crippen LogP contribution in [0.5, 0.6) is 0 Å². The molecule has 1 aliphatic rings. The van der Waals surface area contributed by atoms with Crippen molar-refractivity contribution >= 4 is 34.6 Å². The van der Waals surface area contributed by atoms with E-state index < -0.39 is 0 Å². The summed E-state index contributed by atoms with van der Waals surface area (Å²) >= 11 is 3.43. The molecular formula is C9H16N2OS2. The lowest BCUT2D eigenvalue weighted by atomic mass is 10.3. The lowest BCUT2D eigenvalue weighted by Gasteiger charge is -2.21. The predicted octanol–water partition coefficient (Wildman–Crippen LogP) is 2.43. The molecule has 80 valence electrons. The SMILES string of the molecule is CCCC(=O)NC1=NC(C)SC(C)S1. The van der Waals surface area contributed by atoms with Crippen molar-refractivity contribution in [1.29, 1.82) is 0 Å². The van der Waals surface area contributed by atoms with Crippen LogP contribution in [-0.2, 0) is 4.79 Å². The van der Waals surface area contributed by atoms with Crippen molar-refractivity contribution in [1.82, 2.24) is 5.32 Å². The number of aliphatic imine (C=N–C) groups is 1. The van der Waals surface area contributed by atoms with Gasteiger partial charge in [-0.2, -0.15) is 0 Å². The maximum Gasteiger partial charge on any atom is 0.225 e. The summed E-state index contributed by atoms with van der Waals surface area (Å²) in [6.07, 6.45) is 1.46. The zero-order valence-electron chi connectivity index (χ0n) is 8.74. The Bertz CT molecular complexity index is 243. The molecule has 0 fully saturated rings. The van der Waals surface area contributed by atoms with E-state index in [4.69, 9.17) is 0 Å². The molecule has 1 rings (SSSR count). The quantitative estimate of drug-likeness (QED) is 0.795. The van der Waals surface area contributed by atoms with E-state index >= 15 is 0 Å². The number of carbonyl (C=O) groups is 1. The van der Waals surface area contributed by atoms with Crippen LogP contribution < -0.4 is 5.32 Å². The Morgan fingerprint density at radius 3 is 2.86 bits per heavy atom. The Morgan fingerprint density at radius 1 is 1.57 bits per heavy atom. The van der Waals surface area contributed by atoms with E-state index in [1.165, 1.54) is 0 Å². The number of thioether (sulfide) groups is 2. The zero-order valence-corrected chi connectivity index (χ0v) is 10.4. The van der Waals surface area contributed by atoms with E-state index in [9.17, 15) is 4.79 Å². The summed E-state index contributed by atoms with van der Waals surface area (Å²) in [4.78, 5) is 15.7. The van der Waals surface area contributed by atoms with Gasteiger partial charge in [-0.15, -0.1) is 11.8 Å². The third kappa shape index (κ3) is 3.92. The number of nitrogens with one attached hydrogen (secondary N) is 1. The first kappa shape index (κ1) is 11.9. The second-order valence-electron chi connectivity index (χ2n) is 3.15. The molecule has 1 aliphatic heterocycles. The average molecular weight is 232 g/mol. The Kier molecular flexibility index (Phi) is 4.81. The standard InChI is InChI=1S/C9H16N2OS2/c1-4-5-8(12)11-9-10-6(2)13-7(3)14-9/h6-7H,4-5H2,1-3H3,(H,10,11,12). The molecule has 1 N–H and O–H groups in total. The number of hydrogen-bond donors (Lipinski definition) is 1. The summed E-state index contributed by atoms with van der Waals surface area (Å²) in [6.45, 7) is 6.18. The minimum Gasteiger partial charge on any atom is -0.305 e. The third-order valence-corrected chi connectivity index (χ3v) is 3.96. The lowest BCUT2D eigenvalue weighted by molar-refractivity contribution is -0.119. The van der Waals surface area contributed by atoms with Gasteiger partial charge in [0.15, 0.2) is 5.17 Å². The van der Waals surface area contributed by atoms with E-state index in [0.29, 0.717) is 11.0 Å². The number of amides is 1. The van der Waals surface area contributed by atoms with Crippen molar-refractivity contribution in [3.05, 3.63) is 0 Å². The van der Waals surface area contributed by atoms with Crippen molar-refractivity contribution in [3.8, 4) is 0 Å². The molecule has 3 nitrogen and oxygen atoms in total. The number of rotatable bonds is 2. The molecule has 1 amide bonds. The van der Waals surface area contributed by atoms with Crippen LogP contribution in [-0.4, -0.2) is 21.0 Å². The Hall–Kier alpha value is -0.160. The highest BCUT2D eigenvalue weighted by Gasteiger charge is 2.19. The van der Waals surface area contributed by atoms with Crippen molar-refractivity contribution in [3.63, 3.8) is 0 Å². The molecule has 0 spiro atoms. The van der Waals surface area contributed by atoms with Crippen LogP contribution in [0.25, 0.3) is 0 Å². The number of hydrogen-bond acceptors (Lipinski definition) is 4. The number of carbonyl (C=O) groups excluding carboxylic acids is 1. The third-order valence-electron chi connectivity index (χ3n) is 1.69. The minimum absolute atomic E-state index is 0.0741. The van der Waals surface area contributed by atoms with Gasteiger partial charge in [-0.3, -0.25) is 4.79 Å². The Morgan fingerprint density at radius 2 is 2.29 bits per heavy atom. The molecule has 0 bridgehead atoms. The minimum atomic E-state index is 0.0741. The van der Waals surface area contributed by atoms with Crippen LogP contribution in [0.15, 0.2) is 4.99 Å². The molecule has 0 aromatic heterocycles. The first-order chi connectivity index (χ1) is 6.61.